The number of rotatable bonds is 5. The first kappa shape index (κ1) is 23.3. The Morgan fingerprint density at radius 2 is 1.08 bits per heavy atom. The monoisotopic (exact) mass is 611 g/mol. The quantitative estimate of drug-likeness (QED) is 0.276. The summed E-state index contributed by atoms with van der Waals surface area (Å²) in [6, 6.07) is 0. The van der Waals surface area contributed by atoms with Crippen molar-refractivity contribution in [2.75, 3.05) is 0 Å². The van der Waals surface area contributed by atoms with Gasteiger partial charge in [-0.05, 0) is 0 Å². The molecule has 0 saturated heterocycles. The van der Waals surface area contributed by atoms with E-state index in [1.807, 2.05) is 0 Å². The first-order valence-electron chi connectivity index (χ1n) is 9.87. The van der Waals surface area contributed by atoms with E-state index in [4.69, 9.17) is 17.2 Å². The number of allylic oxidation sites excluding steroid dienone is 8. The molecule has 2 aliphatic carbocycles. The molecule has 147 valence electrons. The topological polar surface area (TPSA) is 0 Å². The molecule has 0 aromatic heterocycles. The van der Waals surface area contributed by atoms with Crippen LogP contribution in [-0.2, 0) is 15.3 Å². The molecule has 6 heteroatoms. The molecule has 0 nitrogen and oxygen atoms in total. The molecule has 0 N–H and O–H groups in total. The molecule has 2 atom stereocenters. The molecule has 2 unspecified atom stereocenters. The van der Waals surface area contributed by atoms with Crippen molar-refractivity contribution in [3.8, 4) is 0 Å². The van der Waals surface area contributed by atoms with Crippen molar-refractivity contribution >= 4 is 39.3 Å². The van der Waals surface area contributed by atoms with Gasteiger partial charge in [0.15, 0.2) is 0 Å². The van der Waals surface area contributed by atoms with Crippen molar-refractivity contribution in [3.05, 3.63) is 45.8 Å². The van der Waals surface area contributed by atoms with Gasteiger partial charge in [-0.3, -0.25) is 0 Å². The molecule has 26 heavy (non-hydrogen) atoms. The molecule has 0 fully saturated rings. The second-order valence-electron chi connectivity index (χ2n) is 10.9. The summed E-state index contributed by atoms with van der Waals surface area (Å²) < 4.78 is 0.695. The summed E-state index contributed by atoms with van der Waals surface area (Å²) in [5, 5.41) is 3.23. The molecule has 0 spiro atoms. The van der Waals surface area contributed by atoms with Gasteiger partial charge < -0.3 is 0 Å². The van der Waals surface area contributed by atoms with Crippen LogP contribution in [0.1, 0.15) is 13.8 Å². The first-order chi connectivity index (χ1) is 11.5. The van der Waals surface area contributed by atoms with Crippen LogP contribution in [0, 0.1) is 0 Å². The van der Waals surface area contributed by atoms with Gasteiger partial charge in [0.2, 0.25) is 0 Å². The van der Waals surface area contributed by atoms with Crippen molar-refractivity contribution < 1.29 is 15.3 Å². The maximum atomic E-state index is 7.99. The van der Waals surface area contributed by atoms with E-state index in [0.29, 0.717) is 7.35 Å². The molecule has 2 aliphatic rings. The van der Waals surface area contributed by atoms with Crippen LogP contribution in [0.4, 0.5) is 0 Å². The Labute approximate surface area is 172 Å². The average molecular weight is 611 g/mol. The molecule has 0 aliphatic heterocycles. The summed E-state index contributed by atoms with van der Waals surface area (Å²) in [5.74, 6) is -1.27. The van der Waals surface area contributed by atoms with Crippen LogP contribution >= 0.6 is 17.2 Å². The van der Waals surface area contributed by atoms with Gasteiger partial charge in [-0.15, -0.1) is 0 Å². The van der Waals surface area contributed by atoms with E-state index in [0.717, 1.165) is 0 Å². The molecule has 0 saturated carbocycles. The molecule has 0 heterocycles. The third-order valence-electron chi connectivity index (χ3n) is 6.32. The summed E-state index contributed by atoms with van der Waals surface area (Å²) in [5.41, 5.74) is 2.76. The Hall–Kier alpha value is 1.06. The van der Waals surface area contributed by atoms with Crippen LogP contribution in [0.15, 0.2) is 45.8 Å². The van der Waals surface area contributed by atoms with E-state index in [1.54, 1.807) is 10.4 Å². The van der Waals surface area contributed by atoms with E-state index in [-0.39, 0.29) is 0 Å². The van der Waals surface area contributed by atoms with Crippen molar-refractivity contribution in [2.45, 2.75) is 73.6 Å². The second kappa shape index (κ2) is 7.09. The second-order valence-corrected chi connectivity index (χ2v) is 80.6. The first-order valence-corrected chi connectivity index (χ1v) is 39.0. The van der Waals surface area contributed by atoms with E-state index < -0.39 is 37.4 Å². The fraction of sp³-hybridized carbons (Fsp3) is 0.600. The maximum absolute atomic E-state index is 7.99. The predicted molar refractivity (Wildman–Crippen MR) is 128 cm³/mol. The zero-order valence-corrected chi connectivity index (χ0v) is 26.6. The van der Waals surface area contributed by atoms with Crippen molar-refractivity contribution in [1.29, 1.82) is 0 Å². The SMILES string of the molecule is CC1=C[CH]([Hf]([Cl])([Cl])([CH]2C=C(C)C=C2[Si](C)(C)C)[SiH](C)C)C([Si](C)(C)C)=C1. The molecule has 0 aromatic carbocycles. The zero-order valence-electron chi connectivity index (χ0n) is 18.3. The van der Waals surface area contributed by atoms with E-state index in [2.05, 4.69) is 90.5 Å². The molecule has 0 aromatic rings. The zero-order chi connectivity index (χ0) is 20.3. The van der Waals surface area contributed by atoms with Gasteiger partial charge in [-0.25, -0.2) is 0 Å². The molecule has 2 rings (SSSR count). The van der Waals surface area contributed by atoms with Crippen LogP contribution in [0.3, 0.4) is 0 Å². The third-order valence-corrected chi connectivity index (χ3v) is 85.7. The van der Waals surface area contributed by atoms with Crippen LogP contribution < -0.4 is 0 Å². The van der Waals surface area contributed by atoms with E-state index >= 15 is 0 Å². The van der Waals surface area contributed by atoms with Gasteiger partial charge >= 0.3 is 174 Å². The Balaban J connectivity index is 2.74. The van der Waals surface area contributed by atoms with Crippen LogP contribution in [0.5, 0.6) is 0 Å². The molecule has 0 bridgehead atoms. The molecular weight excluding hydrogens is 574 g/mol. The molecule has 0 amide bonds. The number of halogens is 2. The summed E-state index contributed by atoms with van der Waals surface area (Å²) in [7, 11) is 13.0. The fourth-order valence-electron chi connectivity index (χ4n) is 4.66. The van der Waals surface area contributed by atoms with Gasteiger partial charge in [-0.2, -0.15) is 0 Å². The summed E-state index contributed by atoms with van der Waals surface area (Å²) >= 11 is -4.32. The van der Waals surface area contributed by atoms with Gasteiger partial charge in [0.05, 0.1) is 0 Å². The van der Waals surface area contributed by atoms with Crippen LogP contribution in [0.2, 0.25) is 59.7 Å². The van der Waals surface area contributed by atoms with Gasteiger partial charge in [0.1, 0.15) is 0 Å². The molecular formula is C20H37Cl2HfSi3. The van der Waals surface area contributed by atoms with Gasteiger partial charge in [-0.1, -0.05) is 0 Å². The van der Waals surface area contributed by atoms with E-state index in [9.17, 15) is 0 Å². The van der Waals surface area contributed by atoms with Crippen molar-refractivity contribution in [2.24, 2.45) is 0 Å². The molecule has 0 radical (unpaired) electrons. The Kier molecular flexibility index (Phi) is 6.36. The fourth-order valence-corrected chi connectivity index (χ4v) is 65.9. The van der Waals surface area contributed by atoms with E-state index in [1.165, 1.54) is 11.1 Å². The summed E-state index contributed by atoms with van der Waals surface area (Å²) in [6.45, 7) is 24.1. The minimum absolute atomic E-state index is 0.348. The predicted octanol–water partition coefficient (Wildman–Crippen LogP) is 8.07. The Bertz CT molecular complexity index is 675. The summed E-state index contributed by atoms with van der Waals surface area (Å²) in [4.78, 5) is 0. The Morgan fingerprint density at radius 1 is 0.769 bits per heavy atom. The van der Waals surface area contributed by atoms with Gasteiger partial charge in [0, 0.05) is 0 Å². The normalized spacial score (nSPS) is 26.3. The number of hydrogen-bond donors (Lipinski definition) is 0. The van der Waals surface area contributed by atoms with Crippen molar-refractivity contribution in [3.63, 3.8) is 0 Å². The van der Waals surface area contributed by atoms with Gasteiger partial charge in [0.25, 0.3) is 0 Å². The van der Waals surface area contributed by atoms with Crippen LogP contribution in [0.25, 0.3) is 0 Å². The van der Waals surface area contributed by atoms with Crippen molar-refractivity contribution in [1.82, 2.24) is 0 Å². The average Bonchev–Trinajstić information content (AvgIpc) is 3.02. The van der Waals surface area contributed by atoms with Crippen LogP contribution in [-0.4, -0.2) is 22.1 Å². The third kappa shape index (κ3) is 3.89. The minimum atomic E-state index is -4.32. The Morgan fingerprint density at radius 3 is 1.31 bits per heavy atom. The summed E-state index contributed by atoms with van der Waals surface area (Å²) in [6.07, 6.45) is 9.83. The number of hydrogen-bond acceptors (Lipinski definition) is 0. The standard InChI is InChI=1S/2C9H15Si.C2H7Si.2ClH.Hf/c2*1-8-5-6-9(7-8)10(2,3)4;1-3-2;;;/h2*5-7H,1-4H3;3H,1-2H3;2*1H;/q;;;;;+2/p-2.